The molecule has 0 saturated carbocycles. The third-order valence-electron chi connectivity index (χ3n) is 3.61. The molecule has 1 fully saturated rings. The Bertz CT molecular complexity index is 488. The Kier molecular flexibility index (Phi) is 4.42. The summed E-state index contributed by atoms with van der Waals surface area (Å²) in [6, 6.07) is 1.70. The van der Waals surface area contributed by atoms with Crippen molar-refractivity contribution in [3.63, 3.8) is 0 Å². The number of thiophene rings is 1. The van der Waals surface area contributed by atoms with Crippen LogP contribution in [0.2, 0.25) is 0 Å². The Morgan fingerprint density at radius 3 is 2.61 bits per heavy atom. The van der Waals surface area contributed by atoms with Crippen LogP contribution < -0.4 is 5.73 Å². The molecule has 0 unspecified atom stereocenters. The molecule has 4 nitrogen and oxygen atoms in total. The molecule has 1 saturated heterocycles. The number of hydrogen-bond acceptors (Lipinski definition) is 4. The highest BCUT2D eigenvalue weighted by Gasteiger charge is 2.29. The Hall–Kier alpha value is -0.430. The maximum absolute atomic E-state index is 12.4. The number of piperidine rings is 1. The Balaban J connectivity index is 2.12. The molecule has 0 amide bonds. The molecular weight excluding hydrogens is 268 g/mol. The van der Waals surface area contributed by atoms with Crippen molar-refractivity contribution in [1.29, 1.82) is 0 Å². The van der Waals surface area contributed by atoms with Crippen LogP contribution in [0.4, 0.5) is 0 Å². The molecule has 1 aromatic rings. The lowest BCUT2D eigenvalue weighted by Gasteiger charge is -2.30. The molecule has 0 bridgehead atoms. The van der Waals surface area contributed by atoms with Crippen molar-refractivity contribution in [1.82, 2.24) is 4.31 Å². The summed E-state index contributed by atoms with van der Waals surface area (Å²) in [5, 5.41) is 1.83. The van der Waals surface area contributed by atoms with Crippen LogP contribution in [0, 0.1) is 5.92 Å². The molecule has 6 heteroatoms. The first kappa shape index (κ1) is 14.0. The summed E-state index contributed by atoms with van der Waals surface area (Å²) < 4.78 is 26.9. The van der Waals surface area contributed by atoms with Gasteiger partial charge >= 0.3 is 0 Å². The molecule has 0 aromatic carbocycles. The van der Waals surface area contributed by atoms with E-state index in [1.807, 2.05) is 5.38 Å². The van der Waals surface area contributed by atoms with Crippen LogP contribution in [0.5, 0.6) is 0 Å². The molecule has 2 N–H and O–H groups in total. The zero-order chi connectivity index (χ0) is 13.2. The van der Waals surface area contributed by atoms with E-state index in [-0.39, 0.29) is 0 Å². The van der Waals surface area contributed by atoms with E-state index in [1.165, 1.54) is 11.3 Å². The minimum atomic E-state index is -3.29. The van der Waals surface area contributed by atoms with Gasteiger partial charge in [-0.2, -0.15) is 4.31 Å². The van der Waals surface area contributed by atoms with E-state index in [0.29, 0.717) is 29.8 Å². The van der Waals surface area contributed by atoms with Crippen LogP contribution >= 0.6 is 11.3 Å². The lowest BCUT2D eigenvalue weighted by molar-refractivity contribution is 0.269. The first-order valence-electron chi connectivity index (χ1n) is 6.35. The van der Waals surface area contributed by atoms with Gasteiger partial charge in [0, 0.05) is 19.6 Å². The largest absolute Gasteiger partial charge is 0.326 e. The average molecular weight is 288 g/mol. The summed E-state index contributed by atoms with van der Waals surface area (Å²) in [5.74, 6) is 0.680. The van der Waals surface area contributed by atoms with Crippen LogP contribution in [-0.2, 0) is 16.6 Å². The van der Waals surface area contributed by atoms with Gasteiger partial charge < -0.3 is 5.73 Å². The maximum atomic E-state index is 12.4. The molecule has 0 atom stereocenters. The van der Waals surface area contributed by atoms with Crippen molar-refractivity contribution < 1.29 is 8.42 Å². The van der Waals surface area contributed by atoms with Gasteiger partial charge in [-0.3, -0.25) is 0 Å². The summed E-state index contributed by atoms with van der Waals surface area (Å²) in [6.45, 7) is 3.86. The predicted molar refractivity (Wildman–Crippen MR) is 74.0 cm³/mol. The molecule has 102 valence electrons. The van der Waals surface area contributed by atoms with E-state index >= 15 is 0 Å². The van der Waals surface area contributed by atoms with E-state index in [4.69, 9.17) is 5.73 Å². The monoisotopic (exact) mass is 288 g/mol. The average Bonchev–Trinajstić information content (AvgIpc) is 2.88. The molecule has 1 aromatic heterocycles. The van der Waals surface area contributed by atoms with Gasteiger partial charge in [0.2, 0.25) is 0 Å². The molecule has 2 heterocycles. The van der Waals surface area contributed by atoms with Crippen LogP contribution in [0.25, 0.3) is 0 Å². The van der Waals surface area contributed by atoms with Gasteiger partial charge in [0.25, 0.3) is 10.0 Å². The standard InChI is InChI=1S/C12H20N2O2S2/c1-2-10-3-5-14(6-4-10)18(15,16)12-7-11(8-13)9-17-12/h7,9-10H,2-6,8,13H2,1H3. The molecule has 0 spiro atoms. The van der Waals surface area contributed by atoms with Crippen LogP contribution in [0.15, 0.2) is 15.7 Å². The van der Waals surface area contributed by atoms with Crippen molar-refractivity contribution >= 4 is 21.4 Å². The van der Waals surface area contributed by atoms with Gasteiger partial charge in [0.05, 0.1) is 0 Å². The fraction of sp³-hybridized carbons (Fsp3) is 0.667. The lowest BCUT2D eigenvalue weighted by atomic mass is 9.96. The Morgan fingerprint density at radius 2 is 2.11 bits per heavy atom. The zero-order valence-corrected chi connectivity index (χ0v) is 12.3. The topological polar surface area (TPSA) is 63.4 Å². The van der Waals surface area contributed by atoms with Crippen LogP contribution in [-0.4, -0.2) is 25.8 Å². The SMILES string of the molecule is CCC1CCN(S(=O)(=O)c2cc(CN)cs2)CC1. The molecule has 0 aliphatic carbocycles. The molecule has 1 aliphatic heterocycles. The third kappa shape index (κ3) is 2.77. The second kappa shape index (κ2) is 5.69. The molecule has 2 rings (SSSR count). The van der Waals surface area contributed by atoms with E-state index in [2.05, 4.69) is 6.92 Å². The highest BCUT2D eigenvalue weighted by molar-refractivity contribution is 7.91. The Morgan fingerprint density at radius 1 is 1.44 bits per heavy atom. The van der Waals surface area contributed by atoms with Crippen molar-refractivity contribution in [2.24, 2.45) is 11.7 Å². The van der Waals surface area contributed by atoms with Crippen molar-refractivity contribution in [2.75, 3.05) is 13.1 Å². The maximum Gasteiger partial charge on any atom is 0.252 e. The number of rotatable bonds is 4. The minimum absolute atomic E-state index is 0.393. The van der Waals surface area contributed by atoms with Crippen molar-refractivity contribution in [3.8, 4) is 0 Å². The van der Waals surface area contributed by atoms with E-state index in [1.54, 1.807) is 10.4 Å². The second-order valence-electron chi connectivity index (χ2n) is 4.73. The lowest BCUT2D eigenvalue weighted by Crippen LogP contribution is -2.38. The smallest absolute Gasteiger partial charge is 0.252 e. The summed E-state index contributed by atoms with van der Waals surface area (Å²) >= 11 is 1.27. The third-order valence-corrected chi connectivity index (χ3v) is 6.97. The van der Waals surface area contributed by atoms with Gasteiger partial charge in [-0.1, -0.05) is 13.3 Å². The van der Waals surface area contributed by atoms with Gasteiger partial charge in [0.15, 0.2) is 0 Å². The van der Waals surface area contributed by atoms with E-state index < -0.39 is 10.0 Å². The molecular formula is C12H20N2O2S2. The first-order chi connectivity index (χ1) is 8.57. The molecule has 0 radical (unpaired) electrons. The Labute approximate surface area is 113 Å². The van der Waals surface area contributed by atoms with Crippen LogP contribution in [0.3, 0.4) is 0 Å². The fourth-order valence-corrected chi connectivity index (χ4v) is 5.13. The predicted octanol–water partition coefficient (Wildman–Crippen LogP) is 2.02. The quantitative estimate of drug-likeness (QED) is 0.922. The summed E-state index contributed by atoms with van der Waals surface area (Å²) in [6.07, 6.45) is 3.10. The van der Waals surface area contributed by atoms with E-state index in [9.17, 15) is 8.42 Å². The summed E-state index contributed by atoms with van der Waals surface area (Å²) in [5.41, 5.74) is 6.41. The highest BCUT2D eigenvalue weighted by Crippen LogP contribution is 2.28. The molecule has 1 aliphatic rings. The normalized spacial score (nSPS) is 19.2. The second-order valence-corrected chi connectivity index (χ2v) is 7.81. The summed E-state index contributed by atoms with van der Waals surface area (Å²) in [7, 11) is -3.29. The molecule has 18 heavy (non-hydrogen) atoms. The fourth-order valence-electron chi connectivity index (χ4n) is 2.28. The van der Waals surface area contributed by atoms with Gasteiger partial charge in [-0.15, -0.1) is 11.3 Å². The van der Waals surface area contributed by atoms with Gasteiger partial charge in [-0.05, 0) is 35.8 Å². The van der Waals surface area contributed by atoms with Gasteiger partial charge in [-0.25, -0.2) is 8.42 Å². The number of hydrogen-bond donors (Lipinski definition) is 1. The van der Waals surface area contributed by atoms with Gasteiger partial charge in [0.1, 0.15) is 4.21 Å². The van der Waals surface area contributed by atoms with Crippen molar-refractivity contribution in [3.05, 3.63) is 17.0 Å². The highest BCUT2D eigenvalue weighted by atomic mass is 32.2. The first-order valence-corrected chi connectivity index (χ1v) is 8.67. The summed E-state index contributed by atoms with van der Waals surface area (Å²) in [4.78, 5) is 0. The number of sulfonamides is 1. The number of nitrogens with two attached hydrogens (primary N) is 1. The van der Waals surface area contributed by atoms with Crippen LogP contribution in [0.1, 0.15) is 31.7 Å². The number of nitrogens with zero attached hydrogens (tertiary/aromatic N) is 1. The van der Waals surface area contributed by atoms with Crippen molar-refractivity contribution in [2.45, 2.75) is 36.9 Å². The zero-order valence-electron chi connectivity index (χ0n) is 10.6. The minimum Gasteiger partial charge on any atom is -0.326 e. The van der Waals surface area contributed by atoms with E-state index in [0.717, 1.165) is 24.8 Å².